The molecule has 3 atom stereocenters. The average molecular weight is 399 g/mol. The Bertz CT molecular complexity index is 852. The molecule has 0 bridgehead atoms. The number of carbonyl (C=O) groups excluding carboxylic acids is 1. The van der Waals surface area contributed by atoms with E-state index in [4.69, 9.17) is 28.3 Å². The molecule has 132 valence electrons. The highest BCUT2D eigenvalue weighted by atomic mass is 35.5. The summed E-state index contributed by atoms with van der Waals surface area (Å²) in [6, 6.07) is 5.09. The normalized spacial score (nSPS) is 20.2. The Morgan fingerprint density at radius 1 is 1.40 bits per heavy atom. The van der Waals surface area contributed by atoms with Crippen LogP contribution in [0.25, 0.3) is 0 Å². The minimum absolute atomic E-state index is 0.0611. The summed E-state index contributed by atoms with van der Waals surface area (Å²) in [6.07, 6.45) is 0.718. The fourth-order valence-corrected chi connectivity index (χ4v) is 4.17. The van der Waals surface area contributed by atoms with Crippen molar-refractivity contribution in [1.82, 2.24) is 10.3 Å². The van der Waals surface area contributed by atoms with Crippen molar-refractivity contribution in [1.29, 1.82) is 0 Å². The van der Waals surface area contributed by atoms with E-state index in [1.165, 1.54) is 0 Å². The Morgan fingerprint density at radius 2 is 2.12 bits per heavy atom. The molecule has 5 nitrogen and oxygen atoms in total. The molecule has 1 aromatic carbocycles. The molecule has 3 rings (SSSR count). The first-order chi connectivity index (χ1) is 11.8. The van der Waals surface area contributed by atoms with Gasteiger partial charge in [0.05, 0.1) is 21.8 Å². The first-order valence-electron chi connectivity index (χ1n) is 7.74. The maximum absolute atomic E-state index is 12.5. The number of rotatable bonds is 5. The number of carboxylic acid groups (broad SMARTS) is 1. The van der Waals surface area contributed by atoms with Gasteiger partial charge < -0.3 is 10.4 Å². The van der Waals surface area contributed by atoms with Gasteiger partial charge in [-0.1, -0.05) is 35.3 Å². The van der Waals surface area contributed by atoms with Gasteiger partial charge in [0.2, 0.25) is 5.91 Å². The van der Waals surface area contributed by atoms with E-state index in [-0.39, 0.29) is 28.7 Å². The van der Waals surface area contributed by atoms with Crippen LogP contribution in [0.4, 0.5) is 0 Å². The van der Waals surface area contributed by atoms with Crippen LogP contribution in [-0.2, 0) is 4.79 Å². The van der Waals surface area contributed by atoms with Crippen LogP contribution in [0.1, 0.15) is 51.2 Å². The molecule has 2 N–H and O–H groups in total. The molecule has 1 aromatic heterocycles. The molecule has 25 heavy (non-hydrogen) atoms. The SMILES string of the molecule is Cc1nc(C(C)NC(=O)C2CC2c2cccc(Cl)c2Cl)sc1C(=O)O. The minimum Gasteiger partial charge on any atom is -0.477 e. The summed E-state index contributed by atoms with van der Waals surface area (Å²) in [5.74, 6) is -1.18. The zero-order chi connectivity index (χ0) is 18.3. The topological polar surface area (TPSA) is 79.3 Å². The fourth-order valence-electron chi connectivity index (χ4n) is 2.82. The number of aromatic carboxylic acids is 1. The second-order valence-electron chi connectivity index (χ2n) is 6.09. The van der Waals surface area contributed by atoms with Crippen molar-refractivity contribution in [2.75, 3.05) is 0 Å². The number of carbonyl (C=O) groups is 2. The van der Waals surface area contributed by atoms with Crippen LogP contribution in [0.3, 0.4) is 0 Å². The van der Waals surface area contributed by atoms with Crippen molar-refractivity contribution < 1.29 is 14.7 Å². The molecule has 1 fully saturated rings. The van der Waals surface area contributed by atoms with Gasteiger partial charge >= 0.3 is 5.97 Å². The number of thiazole rings is 1. The van der Waals surface area contributed by atoms with E-state index >= 15 is 0 Å². The molecule has 1 aliphatic rings. The van der Waals surface area contributed by atoms with Crippen LogP contribution in [0.15, 0.2) is 18.2 Å². The molecule has 0 saturated heterocycles. The number of amides is 1. The fraction of sp³-hybridized carbons (Fsp3) is 0.353. The summed E-state index contributed by atoms with van der Waals surface area (Å²) < 4.78 is 0. The third-order valence-corrected chi connectivity index (χ3v) is 6.41. The summed E-state index contributed by atoms with van der Waals surface area (Å²) >= 11 is 13.3. The Hall–Kier alpha value is -1.63. The van der Waals surface area contributed by atoms with Gasteiger partial charge in [0.25, 0.3) is 0 Å². The molecule has 1 aliphatic carbocycles. The first-order valence-corrected chi connectivity index (χ1v) is 9.31. The van der Waals surface area contributed by atoms with Gasteiger partial charge in [-0.2, -0.15) is 0 Å². The second kappa shape index (κ2) is 6.94. The van der Waals surface area contributed by atoms with Crippen molar-refractivity contribution >= 4 is 46.4 Å². The van der Waals surface area contributed by atoms with Crippen molar-refractivity contribution in [3.8, 4) is 0 Å². The van der Waals surface area contributed by atoms with E-state index in [2.05, 4.69) is 10.3 Å². The van der Waals surface area contributed by atoms with Gasteiger partial charge in [-0.05, 0) is 37.8 Å². The van der Waals surface area contributed by atoms with Crippen LogP contribution >= 0.6 is 34.5 Å². The number of carboxylic acids is 1. The highest BCUT2D eigenvalue weighted by Gasteiger charge is 2.45. The molecule has 1 amide bonds. The third kappa shape index (κ3) is 3.66. The Kier molecular flexibility index (Phi) is 5.04. The summed E-state index contributed by atoms with van der Waals surface area (Å²) in [7, 11) is 0. The molecule has 0 spiro atoms. The van der Waals surface area contributed by atoms with Crippen molar-refractivity contribution in [2.24, 2.45) is 5.92 Å². The van der Waals surface area contributed by atoms with Gasteiger partial charge in [0.15, 0.2) is 0 Å². The Morgan fingerprint density at radius 3 is 2.76 bits per heavy atom. The average Bonchev–Trinajstić information content (AvgIpc) is 3.24. The lowest BCUT2D eigenvalue weighted by Gasteiger charge is -2.11. The summed E-state index contributed by atoms with van der Waals surface area (Å²) in [6.45, 7) is 3.45. The molecule has 0 aliphatic heterocycles. The van der Waals surface area contributed by atoms with Gasteiger partial charge in [0.1, 0.15) is 9.88 Å². The molecule has 2 aromatic rings. The maximum atomic E-state index is 12.5. The van der Waals surface area contributed by atoms with E-state index in [1.807, 2.05) is 12.1 Å². The Balaban J connectivity index is 1.66. The monoisotopic (exact) mass is 398 g/mol. The quantitative estimate of drug-likeness (QED) is 0.779. The lowest BCUT2D eigenvalue weighted by molar-refractivity contribution is -0.123. The highest BCUT2D eigenvalue weighted by molar-refractivity contribution is 7.13. The number of nitrogens with one attached hydrogen (secondary N) is 1. The summed E-state index contributed by atoms with van der Waals surface area (Å²) in [5, 5.41) is 13.6. The number of aryl methyl sites for hydroxylation is 1. The van der Waals surface area contributed by atoms with Crippen molar-refractivity contribution in [2.45, 2.75) is 32.2 Å². The number of benzene rings is 1. The van der Waals surface area contributed by atoms with E-state index in [1.54, 1.807) is 19.9 Å². The van der Waals surface area contributed by atoms with Crippen LogP contribution in [0, 0.1) is 12.8 Å². The van der Waals surface area contributed by atoms with Crippen LogP contribution in [0.5, 0.6) is 0 Å². The first kappa shape index (κ1) is 18.2. The molecular weight excluding hydrogens is 383 g/mol. The standard InChI is InChI=1S/C17H16Cl2N2O3S/c1-7-14(17(23)24)25-16(21-7)8(2)20-15(22)11-6-10(11)9-4-3-5-12(18)13(9)19/h3-5,8,10-11H,6H2,1-2H3,(H,20,22)(H,23,24). The van der Waals surface area contributed by atoms with Gasteiger partial charge in [0, 0.05) is 5.92 Å². The lowest BCUT2D eigenvalue weighted by Crippen LogP contribution is -2.28. The molecular formula is C17H16Cl2N2O3S. The molecule has 3 unspecified atom stereocenters. The largest absolute Gasteiger partial charge is 0.477 e. The van der Waals surface area contributed by atoms with E-state index in [9.17, 15) is 9.59 Å². The van der Waals surface area contributed by atoms with Crippen molar-refractivity contribution in [3.05, 3.63) is 49.4 Å². The zero-order valence-electron chi connectivity index (χ0n) is 13.5. The smallest absolute Gasteiger partial charge is 0.347 e. The minimum atomic E-state index is -1.00. The van der Waals surface area contributed by atoms with Crippen LogP contribution < -0.4 is 5.32 Å². The van der Waals surface area contributed by atoms with Crippen LogP contribution in [-0.4, -0.2) is 22.0 Å². The number of hydrogen-bond acceptors (Lipinski definition) is 4. The van der Waals surface area contributed by atoms with E-state index in [0.717, 1.165) is 23.3 Å². The predicted octanol–water partition coefficient (Wildman–Crippen LogP) is 4.44. The van der Waals surface area contributed by atoms with E-state index in [0.29, 0.717) is 20.7 Å². The maximum Gasteiger partial charge on any atom is 0.347 e. The molecule has 1 saturated carbocycles. The van der Waals surface area contributed by atoms with Gasteiger partial charge in [-0.25, -0.2) is 9.78 Å². The van der Waals surface area contributed by atoms with Gasteiger partial charge in [-0.15, -0.1) is 11.3 Å². The van der Waals surface area contributed by atoms with Crippen LogP contribution in [0.2, 0.25) is 10.0 Å². The van der Waals surface area contributed by atoms with E-state index < -0.39 is 5.97 Å². The molecule has 0 radical (unpaired) electrons. The van der Waals surface area contributed by atoms with Crippen molar-refractivity contribution in [3.63, 3.8) is 0 Å². The number of aromatic nitrogens is 1. The molecule has 1 heterocycles. The molecule has 8 heteroatoms. The summed E-state index contributed by atoms with van der Waals surface area (Å²) in [4.78, 5) is 28.0. The zero-order valence-corrected chi connectivity index (χ0v) is 15.9. The Labute approximate surface area is 159 Å². The lowest BCUT2D eigenvalue weighted by atomic mass is 10.1. The summed E-state index contributed by atoms with van der Waals surface area (Å²) in [5.41, 5.74) is 1.35. The number of hydrogen-bond donors (Lipinski definition) is 2. The highest BCUT2D eigenvalue weighted by Crippen LogP contribution is 2.50. The number of halogens is 2. The predicted molar refractivity (Wildman–Crippen MR) is 97.7 cm³/mol. The van der Waals surface area contributed by atoms with Gasteiger partial charge in [-0.3, -0.25) is 4.79 Å². The third-order valence-electron chi connectivity index (χ3n) is 4.24. The number of nitrogens with zero attached hydrogens (tertiary/aromatic N) is 1. The second-order valence-corrected chi connectivity index (χ2v) is 7.91.